The van der Waals surface area contributed by atoms with Gasteiger partial charge in [-0.25, -0.2) is 0 Å². The molecule has 2 rings (SSSR count). The molecule has 7 nitrogen and oxygen atoms in total. The zero-order valence-corrected chi connectivity index (χ0v) is 18.4. The fourth-order valence-electron chi connectivity index (χ4n) is 4.77. The first-order valence-electron chi connectivity index (χ1n) is 10.8. The summed E-state index contributed by atoms with van der Waals surface area (Å²) in [6, 6.07) is 9.07. The van der Waals surface area contributed by atoms with E-state index in [1.54, 1.807) is 7.05 Å². The quantitative estimate of drug-likeness (QED) is 0.541. The molecule has 1 aliphatic heterocycles. The number of aliphatic carboxylic acids is 1. The Morgan fingerprint density at radius 1 is 1.23 bits per heavy atom. The van der Waals surface area contributed by atoms with Crippen LogP contribution in [0.15, 0.2) is 30.3 Å². The number of carbonyl (C=O) groups excluding carboxylic acids is 2. The average molecular weight is 418 g/mol. The van der Waals surface area contributed by atoms with Gasteiger partial charge in [0.1, 0.15) is 6.04 Å². The van der Waals surface area contributed by atoms with Crippen LogP contribution in [0.5, 0.6) is 0 Å². The molecule has 0 bridgehead atoms. The molecule has 0 spiro atoms. The summed E-state index contributed by atoms with van der Waals surface area (Å²) in [5.74, 6) is -1.41. The van der Waals surface area contributed by atoms with Crippen molar-refractivity contribution in [1.29, 1.82) is 0 Å². The van der Waals surface area contributed by atoms with Crippen LogP contribution >= 0.6 is 0 Å². The molecule has 0 radical (unpaired) electrons. The molecule has 0 aliphatic carbocycles. The van der Waals surface area contributed by atoms with E-state index in [1.165, 1.54) is 6.92 Å². The minimum atomic E-state index is -0.901. The molecule has 7 heteroatoms. The van der Waals surface area contributed by atoms with Crippen molar-refractivity contribution >= 4 is 17.8 Å². The Morgan fingerprint density at radius 2 is 1.90 bits per heavy atom. The molecule has 1 heterocycles. The summed E-state index contributed by atoms with van der Waals surface area (Å²) < 4.78 is 0. The van der Waals surface area contributed by atoms with Gasteiger partial charge in [-0.05, 0) is 37.7 Å². The zero-order valence-electron chi connectivity index (χ0n) is 18.4. The fraction of sp³-hybridized carbons (Fsp3) is 0.609. The minimum absolute atomic E-state index is 0.0596. The van der Waals surface area contributed by atoms with Gasteiger partial charge < -0.3 is 15.7 Å². The zero-order chi connectivity index (χ0) is 22.3. The average Bonchev–Trinajstić information content (AvgIpc) is 3.15. The molecule has 1 fully saturated rings. The highest BCUT2D eigenvalue weighted by atomic mass is 16.4. The third-order valence-corrected chi connectivity index (χ3v) is 6.14. The maximum absolute atomic E-state index is 12.3. The van der Waals surface area contributed by atoms with E-state index in [-0.39, 0.29) is 35.7 Å². The highest BCUT2D eigenvalue weighted by Gasteiger charge is 2.45. The summed E-state index contributed by atoms with van der Waals surface area (Å²) in [6.45, 7) is 5.99. The number of rotatable bonds is 10. The van der Waals surface area contributed by atoms with Crippen LogP contribution in [0.2, 0.25) is 0 Å². The molecule has 166 valence electrons. The summed E-state index contributed by atoms with van der Waals surface area (Å²) in [5.41, 5.74) is 1.12. The summed E-state index contributed by atoms with van der Waals surface area (Å²) in [7, 11) is 1.58. The van der Waals surface area contributed by atoms with Crippen molar-refractivity contribution in [1.82, 2.24) is 15.5 Å². The van der Waals surface area contributed by atoms with Gasteiger partial charge >= 0.3 is 5.97 Å². The maximum atomic E-state index is 12.3. The first-order chi connectivity index (χ1) is 14.3. The third-order valence-electron chi connectivity index (χ3n) is 6.14. The normalized spacial score (nSPS) is 22.1. The van der Waals surface area contributed by atoms with Crippen LogP contribution in [0, 0.1) is 11.8 Å². The fourth-order valence-corrected chi connectivity index (χ4v) is 4.77. The van der Waals surface area contributed by atoms with Crippen LogP contribution in [0.3, 0.4) is 0 Å². The number of hydrogen-bond donors (Lipinski definition) is 3. The predicted octanol–water partition coefficient (Wildman–Crippen LogP) is 2.06. The smallest absolute Gasteiger partial charge is 0.320 e. The van der Waals surface area contributed by atoms with Crippen LogP contribution in [0.1, 0.15) is 45.6 Å². The van der Waals surface area contributed by atoms with Gasteiger partial charge in [-0.2, -0.15) is 0 Å². The van der Waals surface area contributed by atoms with E-state index >= 15 is 0 Å². The number of amides is 2. The van der Waals surface area contributed by atoms with Crippen LogP contribution in [-0.4, -0.2) is 59.5 Å². The summed E-state index contributed by atoms with van der Waals surface area (Å²) in [5, 5.41) is 15.6. The van der Waals surface area contributed by atoms with E-state index in [0.29, 0.717) is 19.4 Å². The Morgan fingerprint density at radius 3 is 2.43 bits per heavy atom. The third kappa shape index (κ3) is 6.05. The molecule has 2 amide bonds. The molecule has 3 N–H and O–H groups in total. The van der Waals surface area contributed by atoms with Crippen molar-refractivity contribution in [3.63, 3.8) is 0 Å². The van der Waals surface area contributed by atoms with Crippen molar-refractivity contribution in [3.8, 4) is 0 Å². The summed E-state index contributed by atoms with van der Waals surface area (Å²) in [4.78, 5) is 38.1. The number of hydrogen-bond acceptors (Lipinski definition) is 4. The van der Waals surface area contributed by atoms with Gasteiger partial charge in [-0.3, -0.25) is 19.3 Å². The first-order valence-corrected chi connectivity index (χ1v) is 10.8. The molecular weight excluding hydrogens is 382 g/mol. The van der Waals surface area contributed by atoms with Gasteiger partial charge in [-0.1, -0.05) is 43.7 Å². The number of benzene rings is 1. The van der Waals surface area contributed by atoms with E-state index in [4.69, 9.17) is 0 Å². The van der Waals surface area contributed by atoms with Crippen molar-refractivity contribution in [2.45, 2.75) is 64.6 Å². The van der Waals surface area contributed by atoms with E-state index in [0.717, 1.165) is 18.4 Å². The number of carboxylic acids is 1. The van der Waals surface area contributed by atoms with Crippen molar-refractivity contribution < 1.29 is 19.5 Å². The number of nitrogens with zero attached hydrogens (tertiary/aromatic N) is 1. The highest BCUT2D eigenvalue weighted by Crippen LogP contribution is 2.33. The van der Waals surface area contributed by atoms with Gasteiger partial charge in [0, 0.05) is 32.6 Å². The van der Waals surface area contributed by atoms with E-state index in [1.807, 2.05) is 42.2 Å². The van der Waals surface area contributed by atoms with E-state index in [2.05, 4.69) is 17.6 Å². The number of nitrogens with one attached hydrogen (secondary N) is 2. The number of likely N-dealkylation sites (tertiary alicyclic amines) is 1. The monoisotopic (exact) mass is 417 g/mol. The van der Waals surface area contributed by atoms with Crippen LogP contribution in [-0.2, 0) is 20.8 Å². The molecule has 5 unspecified atom stereocenters. The second kappa shape index (κ2) is 11.1. The molecule has 30 heavy (non-hydrogen) atoms. The van der Waals surface area contributed by atoms with Crippen molar-refractivity contribution in [2.75, 3.05) is 13.6 Å². The molecule has 1 aromatic rings. The van der Waals surface area contributed by atoms with Crippen molar-refractivity contribution in [3.05, 3.63) is 35.9 Å². The standard InChI is InChI=1S/C23H35N3O4/c1-5-9-19(15(2)25-16(3)27)20(12-17-10-7-6-8-11-17)26-14-18(22(28)24-4)13-21(26)23(29)30/h6-8,10-11,15,18-21H,5,9,12-14H2,1-4H3,(H,24,28)(H,25,27)(H,29,30). The topological polar surface area (TPSA) is 98.7 Å². The molecular formula is C23H35N3O4. The Bertz CT molecular complexity index is 724. The number of carbonyl (C=O) groups is 3. The Hall–Kier alpha value is -2.41. The van der Waals surface area contributed by atoms with Crippen molar-refractivity contribution in [2.24, 2.45) is 11.8 Å². The maximum Gasteiger partial charge on any atom is 0.320 e. The Labute approximate surface area is 179 Å². The molecule has 0 saturated carbocycles. The number of carboxylic acid groups (broad SMARTS) is 1. The Balaban J connectivity index is 2.42. The lowest BCUT2D eigenvalue weighted by Gasteiger charge is -2.40. The second-order valence-electron chi connectivity index (χ2n) is 8.30. The summed E-state index contributed by atoms with van der Waals surface area (Å²) in [6.07, 6.45) is 2.74. The predicted molar refractivity (Wildman–Crippen MR) is 116 cm³/mol. The SMILES string of the molecule is CCCC(C(C)NC(C)=O)C(Cc1ccccc1)N1CC(C(=O)NC)CC1C(=O)O. The van der Waals surface area contributed by atoms with Gasteiger partial charge in [-0.15, -0.1) is 0 Å². The first kappa shape index (κ1) is 23.9. The van der Waals surface area contributed by atoms with Crippen LogP contribution in [0.25, 0.3) is 0 Å². The second-order valence-corrected chi connectivity index (χ2v) is 8.30. The van der Waals surface area contributed by atoms with Gasteiger partial charge in [0.2, 0.25) is 11.8 Å². The van der Waals surface area contributed by atoms with Gasteiger partial charge in [0.15, 0.2) is 0 Å². The summed E-state index contributed by atoms with van der Waals surface area (Å²) >= 11 is 0. The molecule has 5 atom stereocenters. The lowest BCUT2D eigenvalue weighted by molar-refractivity contribution is -0.143. The van der Waals surface area contributed by atoms with E-state index in [9.17, 15) is 19.5 Å². The molecule has 1 aliphatic rings. The Kier molecular flexibility index (Phi) is 8.84. The molecule has 1 saturated heterocycles. The van der Waals surface area contributed by atoms with E-state index < -0.39 is 12.0 Å². The lowest BCUT2D eigenvalue weighted by atomic mass is 9.83. The molecule has 1 aromatic carbocycles. The van der Waals surface area contributed by atoms with Gasteiger partial charge in [0.25, 0.3) is 0 Å². The van der Waals surface area contributed by atoms with Crippen LogP contribution in [0.4, 0.5) is 0 Å². The van der Waals surface area contributed by atoms with Gasteiger partial charge in [0.05, 0.1) is 5.92 Å². The largest absolute Gasteiger partial charge is 0.480 e. The minimum Gasteiger partial charge on any atom is -0.480 e. The molecule has 0 aromatic heterocycles. The highest BCUT2D eigenvalue weighted by molar-refractivity contribution is 5.82. The van der Waals surface area contributed by atoms with Crippen LogP contribution < -0.4 is 10.6 Å². The lowest BCUT2D eigenvalue weighted by Crippen LogP contribution is -2.53.